The molecule has 4 heterocycles. The third-order valence-corrected chi connectivity index (χ3v) is 7.03. The van der Waals surface area contributed by atoms with Crippen molar-refractivity contribution in [3.63, 3.8) is 0 Å². The molecule has 0 saturated heterocycles. The second-order valence-corrected chi connectivity index (χ2v) is 9.92. The first-order valence-corrected chi connectivity index (χ1v) is 12.5. The molecule has 0 aromatic carbocycles. The lowest BCUT2D eigenvalue weighted by Crippen LogP contribution is -2.33. The van der Waals surface area contributed by atoms with Crippen molar-refractivity contribution in [1.29, 1.82) is 0 Å². The van der Waals surface area contributed by atoms with Gasteiger partial charge in [-0.15, -0.1) is 10.2 Å². The molecule has 1 fully saturated rings. The zero-order chi connectivity index (χ0) is 23.7. The van der Waals surface area contributed by atoms with Gasteiger partial charge in [-0.2, -0.15) is 0 Å². The fraction of sp³-hybridized carbons (Fsp3) is 0.481. The summed E-state index contributed by atoms with van der Waals surface area (Å²) in [6.45, 7) is 9.06. The van der Waals surface area contributed by atoms with Crippen LogP contribution in [0.3, 0.4) is 0 Å². The van der Waals surface area contributed by atoms with E-state index in [2.05, 4.69) is 36.9 Å². The van der Waals surface area contributed by atoms with Gasteiger partial charge in [0.25, 0.3) is 5.91 Å². The van der Waals surface area contributed by atoms with Crippen LogP contribution in [0.15, 0.2) is 41.8 Å². The van der Waals surface area contributed by atoms with Crippen LogP contribution in [0.4, 0.5) is 0 Å². The van der Waals surface area contributed by atoms with Crippen LogP contribution < -0.4 is 5.32 Å². The van der Waals surface area contributed by atoms with Gasteiger partial charge in [-0.1, -0.05) is 17.7 Å². The fourth-order valence-corrected chi connectivity index (χ4v) is 4.82. The number of carbonyl (C=O) groups excluding carboxylic acids is 1. The average molecular weight is 459 g/mol. The molecule has 1 amide bonds. The molecule has 3 aliphatic rings. The minimum Gasteiger partial charge on any atom is -0.321 e. The highest BCUT2D eigenvalue weighted by atomic mass is 16.1. The molecule has 2 aliphatic heterocycles. The fourth-order valence-electron chi connectivity index (χ4n) is 4.82. The van der Waals surface area contributed by atoms with Crippen molar-refractivity contribution in [3.8, 4) is 0 Å². The van der Waals surface area contributed by atoms with Gasteiger partial charge in [0.05, 0.1) is 0 Å². The van der Waals surface area contributed by atoms with Gasteiger partial charge in [-0.3, -0.25) is 14.7 Å². The van der Waals surface area contributed by atoms with Crippen molar-refractivity contribution in [2.24, 2.45) is 0 Å². The third-order valence-electron chi connectivity index (χ3n) is 7.03. The number of aryl methyl sites for hydroxylation is 1. The van der Waals surface area contributed by atoms with Gasteiger partial charge in [-0.05, 0) is 81.7 Å². The molecule has 2 aromatic rings. The van der Waals surface area contributed by atoms with Crippen LogP contribution >= 0.6 is 0 Å². The number of fused-ring (bicyclic) bond motifs is 2. The third kappa shape index (κ3) is 4.89. The van der Waals surface area contributed by atoms with Crippen LogP contribution in [0.1, 0.15) is 79.7 Å². The first-order chi connectivity index (χ1) is 16.5. The number of carbonyl (C=O) groups is 1. The molecule has 7 heteroatoms. The molecular formula is C27H34N6O. The number of aromatic nitrogens is 4. The lowest BCUT2D eigenvalue weighted by atomic mass is 10.0. The Hall–Kier alpha value is -3.06. The van der Waals surface area contributed by atoms with E-state index < -0.39 is 0 Å². The average Bonchev–Trinajstić information content (AvgIpc) is 3.61. The Bertz CT molecular complexity index is 1180. The number of hydrogen-bond acceptors (Lipinski definition) is 5. The second-order valence-electron chi connectivity index (χ2n) is 9.92. The highest BCUT2D eigenvalue weighted by molar-refractivity contribution is 5.94. The molecule has 0 radical (unpaired) electrons. The van der Waals surface area contributed by atoms with E-state index in [-0.39, 0.29) is 5.91 Å². The van der Waals surface area contributed by atoms with Crippen LogP contribution in [-0.4, -0.2) is 43.1 Å². The molecule has 178 valence electrons. The summed E-state index contributed by atoms with van der Waals surface area (Å²) >= 11 is 0. The van der Waals surface area contributed by atoms with Crippen molar-refractivity contribution in [2.75, 3.05) is 6.54 Å². The summed E-state index contributed by atoms with van der Waals surface area (Å²) in [6, 6.07) is 2.71. The number of hydrogen-bond donors (Lipinski definition) is 1. The van der Waals surface area contributed by atoms with Crippen LogP contribution in [-0.2, 0) is 25.9 Å². The lowest BCUT2D eigenvalue weighted by molar-refractivity contribution is 0.0961. The predicted octanol–water partition coefficient (Wildman–Crippen LogP) is 4.21. The van der Waals surface area contributed by atoms with E-state index in [1.54, 1.807) is 0 Å². The van der Waals surface area contributed by atoms with Crippen LogP contribution in [0.5, 0.6) is 0 Å². The summed E-state index contributed by atoms with van der Waals surface area (Å²) in [7, 11) is 0. The normalized spacial score (nSPS) is 18.5. The molecular weight excluding hydrogens is 424 g/mol. The molecule has 0 spiro atoms. The van der Waals surface area contributed by atoms with Gasteiger partial charge < -0.3 is 9.88 Å². The number of nitrogens with one attached hydrogen (secondary N) is 1. The summed E-state index contributed by atoms with van der Waals surface area (Å²) in [6.07, 6.45) is 14.8. The van der Waals surface area contributed by atoms with E-state index >= 15 is 0 Å². The Kier molecular flexibility index (Phi) is 6.46. The number of pyridine rings is 1. The largest absolute Gasteiger partial charge is 0.321 e. The summed E-state index contributed by atoms with van der Waals surface area (Å²) < 4.78 is 2.22. The van der Waals surface area contributed by atoms with E-state index in [4.69, 9.17) is 0 Å². The maximum atomic E-state index is 13.0. The van der Waals surface area contributed by atoms with E-state index in [0.29, 0.717) is 5.69 Å². The number of rotatable bonds is 6. The molecule has 5 rings (SSSR count). The number of nitrogens with zero attached hydrogens (tertiary/aromatic N) is 5. The highest BCUT2D eigenvalue weighted by Gasteiger charge is 2.31. The highest BCUT2D eigenvalue weighted by Crippen LogP contribution is 2.31. The maximum absolute atomic E-state index is 13.0. The quantitative estimate of drug-likeness (QED) is 0.656. The minimum absolute atomic E-state index is 0.167. The van der Waals surface area contributed by atoms with E-state index in [9.17, 15) is 4.79 Å². The Labute approximate surface area is 201 Å². The van der Waals surface area contributed by atoms with E-state index in [0.717, 1.165) is 67.0 Å². The minimum atomic E-state index is -0.167. The first kappa shape index (κ1) is 22.7. The first-order valence-electron chi connectivity index (χ1n) is 12.5. The molecule has 1 N–H and O–H groups in total. The van der Waals surface area contributed by atoms with Crippen LogP contribution in [0, 0.1) is 0 Å². The monoisotopic (exact) mass is 458 g/mol. The number of amides is 1. The van der Waals surface area contributed by atoms with Crippen LogP contribution in [0.25, 0.3) is 5.57 Å². The van der Waals surface area contributed by atoms with Gasteiger partial charge >= 0.3 is 0 Å². The zero-order valence-corrected chi connectivity index (χ0v) is 20.5. The topological polar surface area (TPSA) is 75.9 Å². The van der Waals surface area contributed by atoms with Crippen LogP contribution in [0.2, 0.25) is 0 Å². The van der Waals surface area contributed by atoms with Gasteiger partial charge in [0.1, 0.15) is 11.5 Å². The number of allylic oxidation sites excluding steroid dienone is 5. The van der Waals surface area contributed by atoms with Gasteiger partial charge in [0.2, 0.25) is 0 Å². The van der Waals surface area contributed by atoms with Crippen molar-refractivity contribution >= 4 is 11.5 Å². The smallest absolute Gasteiger partial charge is 0.274 e. The predicted molar refractivity (Wildman–Crippen MR) is 133 cm³/mol. The van der Waals surface area contributed by atoms with Gasteiger partial charge in [0.15, 0.2) is 5.82 Å². The summed E-state index contributed by atoms with van der Waals surface area (Å²) in [5, 5.41) is 11.8. The molecule has 0 unspecified atom stereocenters. The van der Waals surface area contributed by atoms with E-state index in [1.165, 1.54) is 36.8 Å². The van der Waals surface area contributed by atoms with Crippen molar-refractivity contribution < 1.29 is 4.79 Å². The molecule has 0 bridgehead atoms. The summed E-state index contributed by atoms with van der Waals surface area (Å²) in [4.78, 5) is 20.0. The molecule has 1 aliphatic carbocycles. The van der Waals surface area contributed by atoms with Crippen molar-refractivity contribution in [3.05, 3.63) is 70.2 Å². The summed E-state index contributed by atoms with van der Waals surface area (Å²) in [5.74, 6) is 1.84. The Morgan fingerprint density at radius 1 is 1.09 bits per heavy atom. The zero-order valence-electron chi connectivity index (χ0n) is 20.5. The Morgan fingerprint density at radius 2 is 1.94 bits per heavy atom. The standard InChI is InChI=1S/C27H34N6O/c1-18(2)23(8-6-7-19(3)26-31-30-25-9-4-5-13-33(25)26)29-27(34)24-15-21-17-32(22-10-11-22)14-12-20(21)16-28-24/h6-8,15-16,22H,4-5,9-14,17H2,1-3H3,(H,29,34)/b8-6-,19-7+. The second kappa shape index (κ2) is 9.66. The Morgan fingerprint density at radius 3 is 2.74 bits per heavy atom. The molecule has 2 aromatic heterocycles. The van der Waals surface area contributed by atoms with Gasteiger partial charge in [0, 0.05) is 44.0 Å². The maximum Gasteiger partial charge on any atom is 0.274 e. The molecule has 0 atom stereocenters. The van der Waals surface area contributed by atoms with Crippen molar-refractivity contribution in [1.82, 2.24) is 30.0 Å². The lowest BCUT2D eigenvalue weighted by Gasteiger charge is -2.28. The Balaban J connectivity index is 1.27. The van der Waals surface area contributed by atoms with Crippen molar-refractivity contribution in [2.45, 2.75) is 78.4 Å². The molecule has 34 heavy (non-hydrogen) atoms. The molecule has 7 nitrogen and oxygen atoms in total. The SMILES string of the molecule is CC(C)=C(/C=C\C=C(/C)c1nnc2n1CCCC2)NC(=O)c1cc2c(cn1)CCN(C1CC1)C2. The molecule has 1 saturated carbocycles. The van der Waals surface area contributed by atoms with E-state index in [1.807, 2.05) is 44.3 Å². The summed E-state index contributed by atoms with van der Waals surface area (Å²) in [5.41, 5.74) is 5.87. The van der Waals surface area contributed by atoms with Gasteiger partial charge in [-0.25, -0.2) is 0 Å².